The van der Waals surface area contributed by atoms with E-state index in [1.165, 1.54) is 0 Å². The second-order valence-corrected chi connectivity index (χ2v) is 8.32. The number of furan rings is 1. The van der Waals surface area contributed by atoms with Crippen LogP contribution in [0.25, 0.3) is 11.0 Å². The molecule has 1 amide bonds. The Labute approximate surface area is 160 Å². The maximum Gasteiger partial charge on any atom is 0.291 e. The van der Waals surface area contributed by atoms with Crippen LogP contribution < -0.4 is 5.32 Å². The fourth-order valence-electron chi connectivity index (χ4n) is 2.87. The highest BCUT2D eigenvalue weighted by Crippen LogP contribution is 2.33. The third kappa shape index (κ3) is 3.66. The molecule has 4 rings (SSSR count). The highest BCUT2D eigenvalue weighted by Gasteiger charge is 2.21. The van der Waals surface area contributed by atoms with Gasteiger partial charge in [-0.25, -0.2) is 0 Å². The molecular formula is C20H18N2O2S2. The second kappa shape index (κ2) is 7.60. The van der Waals surface area contributed by atoms with Gasteiger partial charge in [0, 0.05) is 28.1 Å². The Morgan fingerprint density at radius 1 is 1.27 bits per heavy atom. The van der Waals surface area contributed by atoms with Crippen molar-refractivity contribution in [3.05, 3.63) is 65.4 Å². The molecule has 26 heavy (non-hydrogen) atoms. The zero-order chi connectivity index (χ0) is 17.9. The molecule has 4 nitrogen and oxygen atoms in total. The number of carbonyl (C=O) groups is 1. The number of para-hydroxylation sites is 1. The van der Waals surface area contributed by atoms with Gasteiger partial charge in [-0.15, -0.1) is 0 Å². The van der Waals surface area contributed by atoms with Crippen molar-refractivity contribution in [1.29, 1.82) is 0 Å². The van der Waals surface area contributed by atoms with Crippen molar-refractivity contribution >= 4 is 50.5 Å². The third-order valence-corrected chi connectivity index (χ3v) is 6.36. The lowest BCUT2D eigenvalue weighted by atomic mass is 10.1. The van der Waals surface area contributed by atoms with Crippen LogP contribution in [0.2, 0.25) is 0 Å². The van der Waals surface area contributed by atoms with Crippen LogP contribution in [0.3, 0.4) is 0 Å². The number of nitrogens with zero attached hydrogens (tertiary/aromatic N) is 1. The molecule has 1 aliphatic rings. The van der Waals surface area contributed by atoms with E-state index in [4.69, 9.17) is 4.42 Å². The predicted molar refractivity (Wildman–Crippen MR) is 111 cm³/mol. The highest BCUT2D eigenvalue weighted by molar-refractivity contribution is 8.38. The van der Waals surface area contributed by atoms with Crippen LogP contribution in [0, 0.1) is 6.92 Å². The molecule has 6 heteroatoms. The first-order valence-corrected chi connectivity index (χ1v) is 10.4. The van der Waals surface area contributed by atoms with Crippen molar-refractivity contribution in [3.8, 4) is 0 Å². The van der Waals surface area contributed by atoms with Crippen LogP contribution in [0.5, 0.6) is 0 Å². The molecule has 3 aromatic rings. The number of aliphatic imine (C=N–C) groups is 1. The Morgan fingerprint density at radius 3 is 2.96 bits per heavy atom. The number of rotatable bonds is 4. The lowest BCUT2D eigenvalue weighted by Gasteiger charge is -2.06. The van der Waals surface area contributed by atoms with E-state index in [9.17, 15) is 4.79 Å². The van der Waals surface area contributed by atoms with Gasteiger partial charge in [-0.1, -0.05) is 53.9 Å². The zero-order valence-electron chi connectivity index (χ0n) is 14.3. The Bertz CT molecular complexity index is 994. The third-order valence-electron chi connectivity index (χ3n) is 4.08. The van der Waals surface area contributed by atoms with Crippen molar-refractivity contribution in [2.45, 2.75) is 12.7 Å². The van der Waals surface area contributed by atoms with Gasteiger partial charge in [0.1, 0.15) is 9.96 Å². The summed E-state index contributed by atoms with van der Waals surface area (Å²) in [5.41, 5.74) is 3.52. The van der Waals surface area contributed by atoms with Gasteiger partial charge in [0.2, 0.25) is 0 Å². The van der Waals surface area contributed by atoms with Gasteiger partial charge < -0.3 is 9.73 Å². The number of carbonyl (C=O) groups excluding carboxylic acids is 1. The van der Waals surface area contributed by atoms with Gasteiger partial charge in [-0.3, -0.25) is 9.79 Å². The summed E-state index contributed by atoms with van der Waals surface area (Å²) in [4.78, 5) is 17.3. The monoisotopic (exact) mass is 382 g/mol. The molecule has 0 bridgehead atoms. The number of hydrogen-bond acceptors (Lipinski definition) is 5. The molecule has 1 N–H and O–H groups in total. The number of aryl methyl sites for hydroxylation is 1. The molecule has 2 aromatic carbocycles. The van der Waals surface area contributed by atoms with Crippen LogP contribution >= 0.6 is 23.5 Å². The van der Waals surface area contributed by atoms with E-state index >= 15 is 0 Å². The summed E-state index contributed by atoms with van der Waals surface area (Å²) < 4.78 is 6.99. The van der Waals surface area contributed by atoms with Gasteiger partial charge in [-0.05, 0) is 30.7 Å². The van der Waals surface area contributed by atoms with Crippen LogP contribution in [-0.2, 0) is 5.75 Å². The van der Waals surface area contributed by atoms with E-state index in [0.29, 0.717) is 11.5 Å². The summed E-state index contributed by atoms with van der Waals surface area (Å²) in [6, 6.07) is 15.5. The van der Waals surface area contributed by atoms with Gasteiger partial charge >= 0.3 is 0 Å². The van der Waals surface area contributed by atoms with E-state index < -0.39 is 0 Å². The molecule has 0 aliphatic carbocycles. The Kier molecular flexibility index (Phi) is 5.04. The fourth-order valence-corrected chi connectivity index (χ4v) is 4.91. The number of thioether (sulfide) groups is 2. The molecule has 0 fully saturated rings. The second-order valence-electron chi connectivity index (χ2n) is 6.01. The summed E-state index contributed by atoms with van der Waals surface area (Å²) in [6.07, 6.45) is 0. The van der Waals surface area contributed by atoms with Gasteiger partial charge in [0.15, 0.2) is 5.76 Å². The number of fused-ring (bicyclic) bond motifs is 1. The normalized spacial score (nSPS) is 13.8. The largest absolute Gasteiger partial charge is 0.451 e. The molecular weight excluding hydrogens is 364 g/mol. The minimum atomic E-state index is -0.219. The molecule has 0 saturated heterocycles. The molecule has 132 valence electrons. The van der Waals surface area contributed by atoms with Crippen molar-refractivity contribution in [2.75, 3.05) is 17.6 Å². The van der Waals surface area contributed by atoms with Crippen molar-refractivity contribution in [2.24, 2.45) is 4.99 Å². The number of hydrogen-bond donors (Lipinski definition) is 1. The van der Waals surface area contributed by atoms with Crippen molar-refractivity contribution in [1.82, 2.24) is 0 Å². The summed E-state index contributed by atoms with van der Waals surface area (Å²) in [5.74, 6) is 1.86. The number of amides is 1. The van der Waals surface area contributed by atoms with Crippen LogP contribution in [0.4, 0.5) is 5.69 Å². The Morgan fingerprint density at radius 2 is 2.15 bits per heavy atom. The average molecular weight is 383 g/mol. The standard InChI is InChI=1S/C20H18N2O2S2/c1-13-5-4-6-14(11-13)22-19(23)18-16(12-26-20-21-9-10-25-20)15-7-2-3-8-17(15)24-18/h2-8,11H,9-10,12H2,1H3,(H,22,23). The van der Waals surface area contributed by atoms with E-state index in [2.05, 4.69) is 10.3 Å². The minimum Gasteiger partial charge on any atom is -0.451 e. The van der Waals surface area contributed by atoms with Crippen molar-refractivity contribution in [3.63, 3.8) is 0 Å². The maximum absolute atomic E-state index is 12.9. The molecule has 2 heterocycles. The molecule has 0 atom stereocenters. The van der Waals surface area contributed by atoms with Crippen LogP contribution in [0.1, 0.15) is 21.7 Å². The van der Waals surface area contributed by atoms with Crippen LogP contribution in [-0.4, -0.2) is 22.6 Å². The van der Waals surface area contributed by atoms with Gasteiger partial charge in [-0.2, -0.15) is 0 Å². The topological polar surface area (TPSA) is 54.6 Å². The summed E-state index contributed by atoms with van der Waals surface area (Å²) in [6.45, 7) is 2.87. The van der Waals surface area contributed by atoms with Crippen molar-refractivity contribution < 1.29 is 9.21 Å². The molecule has 1 aliphatic heterocycles. The zero-order valence-corrected chi connectivity index (χ0v) is 16.0. The lowest BCUT2D eigenvalue weighted by Crippen LogP contribution is -2.13. The first-order chi connectivity index (χ1) is 12.7. The lowest BCUT2D eigenvalue weighted by molar-refractivity contribution is 0.0998. The van der Waals surface area contributed by atoms with E-state index in [1.54, 1.807) is 23.5 Å². The van der Waals surface area contributed by atoms with E-state index in [1.807, 2.05) is 55.5 Å². The van der Waals surface area contributed by atoms with E-state index in [0.717, 1.165) is 44.5 Å². The summed E-state index contributed by atoms with van der Waals surface area (Å²) >= 11 is 3.44. The summed E-state index contributed by atoms with van der Waals surface area (Å²) in [5, 5.41) is 3.94. The smallest absolute Gasteiger partial charge is 0.291 e. The first-order valence-electron chi connectivity index (χ1n) is 8.39. The Hall–Kier alpha value is -2.18. The van der Waals surface area contributed by atoms with Gasteiger partial charge in [0.05, 0.1) is 6.54 Å². The predicted octanol–water partition coefficient (Wildman–Crippen LogP) is 5.33. The number of anilines is 1. The van der Waals surface area contributed by atoms with Crippen LogP contribution in [0.15, 0.2) is 57.9 Å². The SMILES string of the molecule is Cc1cccc(NC(=O)c2oc3ccccc3c2CSC2=NCCS2)c1. The first kappa shape index (κ1) is 17.2. The molecule has 1 aromatic heterocycles. The maximum atomic E-state index is 12.9. The number of benzene rings is 2. The highest BCUT2D eigenvalue weighted by atomic mass is 32.2. The van der Waals surface area contributed by atoms with Gasteiger partial charge in [0.25, 0.3) is 5.91 Å². The number of nitrogens with one attached hydrogen (secondary N) is 1. The average Bonchev–Trinajstić information content (AvgIpc) is 3.27. The quantitative estimate of drug-likeness (QED) is 0.663. The Balaban J connectivity index is 1.64. The summed E-state index contributed by atoms with van der Waals surface area (Å²) in [7, 11) is 0. The molecule has 0 saturated carbocycles. The minimum absolute atomic E-state index is 0.219. The molecule has 0 radical (unpaired) electrons. The molecule has 0 spiro atoms. The molecule has 0 unspecified atom stereocenters. The van der Waals surface area contributed by atoms with E-state index in [-0.39, 0.29) is 5.91 Å². The fraction of sp³-hybridized carbons (Fsp3) is 0.200.